The Bertz CT molecular complexity index is 649. The van der Waals surface area contributed by atoms with Gasteiger partial charge in [-0.25, -0.2) is 0 Å². The predicted molar refractivity (Wildman–Crippen MR) is 81.3 cm³/mol. The molecule has 1 aliphatic heterocycles. The molecule has 0 fully saturated rings. The molecule has 1 aliphatic rings. The van der Waals surface area contributed by atoms with Gasteiger partial charge < -0.3 is 9.47 Å². The van der Waals surface area contributed by atoms with E-state index in [2.05, 4.69) is 31.4 Å². The van der Waals surface area contributed by atoms with E-state index in [0.29, 0.717) is 0 Å². The molecule has 1 amide bonds. The van der Waals surface area contributed by atoms with E-state index in [1.165, 1.54) is 5.56 Å². The Hall–Kier alpha value is -2.03. The maximum absolute atomic E-state index is 12.7. The molecule has 3 heteroatoms. The average Bonchev–Trinajstić information content (AvgIpc) is 3.04. The Morgan fingerprint density at radius 3 is 2.60 bits per heavy atom. The van der Waals surface area contributed by atoms with Crippen LogP contribution in [-0.4, -0.2) is 17.0 Å². The van der Waals surface area contributed by atoms with Crippen molar-refractivity contribution in [3.63, 3.8) is 0 Å². The van der Waals surface area contributed by atoms with Crippen molar-refractivity contribution < 1.29 is 4.79 Å². The first-order valence-electron chi connectivity index (χ1n) is 7.05. The molecule has 2 aromatic rings. The Labute approximate surface area is 119 Å². The van der Waals surface area contributed by atoms with Gasteiger partial charge in [-0.2, -0.15) is 0 Å². The third-order valence-corrected chi connectivity index (χ3v) is 3.85. The van der Waals surface area contributed by atoms with Crippen molar-refractivity contribution in [3.8, 4) is 0 Å². The lowest BCUT2D eigenvalue weighted by atomic mass is 10.1. The first-order chi connectivity index (χ1) is 9.47. The molecule has 1 aromatic heterocycles. The van der Waals surface area contributed by atoms with Crippen LogP contribution in [0.25, 0.3) is 0 Å². The minimum Gasteiger partial charge on any atom is -0.348 e. The van der Waals surface area contributed by atoms with Gasteiger partial charge in [-0.3, -0.25) is 4.79 Å². The molecule has 0 aliphatic carbocycles. The van der Waals surface area contributed by atoms with E-state index in [4.69, 9.17) is 0 Å². The summed E-state index contributed by atoms with van der Waals surface area (Å²) in [6.45, 7) is 7.17. The van der Waals surface area contributed by atoms with Crippen molar-refractivity contribution in [2.24, 2.45) is 0 Å². The van der Waals surface area contributed by atoms with Crippen LogP contribution in [0.15, 0.2) is 42.7 Å². The Morgan fingerprint density at radius 2 is 1.90 bits per heavy atom. The standard InChI is InChI=1S/C17H20N2O/c1-17(2,3)18-10-8-14(12-18)16(20)19-11-9-13-6-4-5-7-15(13)19/h4-8,10,12H,9,11H2,1-3H3. The van der Waals surface area contributed by atoms with Crippen molar-refractivity contribution in [1.82, 2.24) is 4.57 Å². The molecule has 20 heavy (non-hydrogen) atoms. The number of benzene rings is 1. The van der Waals surface area contributed by atoms with E-state index in [1.54, 1.807) is 0 Å². The molecule has 0 atom stereocenters. The van der Waals surface area contributed by atoms with E-state index in [1.807, 2.05) is 41.6 Å². The summed E-state index contributed by atoms with van der Waals surface area (Å²) >= 11 is 0. The monoisotopic (exact) mass is 268 g/mol. The first kappa shape index (κ1) is 13.0. The highest BCUT2D eigenvalue weighted by atomic mass is 16.2. The fourth-order valence-corrected chi connectivity index (χ4v) is 2.65. The normalized spacial score (nSPS) is 14.4. The molecule has 0 bridgehead atoms. The lowest BCUT2D eigenvalue weighted by Gasteiger charge is -2.21. The summed E-state index contributed by atoms with van der Waals surface area (Å²) in [6.07, 6.45) is 4.88. The predicted octanol–water partition coefficient (Wildman–Crippen LogP) is 3.45. The van der Waals surface area contributed by atoms with E-state index < -0.39 is 0 Å². The van der Waals surface area contributed by atoms with Gasteiger partial charge in [-0.05, 0) is 44.9 Å². The largest absolute Gasteiger partial charge is 0.348 e. The van der Waals surface area contributed by atoms with Gasteiger partial charge in [-0.15, -0.1) is 0 Å². The SMILES string of the molecule is CC(C)(C)n1ccc(C(=O)N2CCc3ccccc32)c1. The molecular formula is C17H20N2O. The Balaban J connectivity index is 1.89. The zero-order valence-electron chi connectivity index (χ0n) is 12.3. The van der Waals surface area contributed by atoms with E-state index in [9.17, 15) is 4.79 Å². The molecule has 0 N–H and O–H groups in total. The summed E-state index contributed by atoms with van der Waals surface area (Å²) < 4.78 is 2.09. The highest BCUT2D eigenvalue weighted by molar-refractivity contribution is 6.07. The van der Waals surface area contributed by atoms with Crippen LogP contribution in [0.4, 0.5) is 5.69 Å². The minimum atomic E-state index is 0.00144. The minimum absolute atomic E-state index is 0.00144. The van der Waals surface area contributed by atoms with Crippen molar-refractivity contribution in [3.05, 3.63) is 53.9 Å². The number of carbonyl (C=O) groups excluding carboxylic acids is 1. The second kappa shape index (κ2) is 4.51. The number of nitrogens with zero attached hydrogens (tertiary/aromatic N) is 2. The second-order valence-corrected chi connectivity index (χ2v) is 6.31. The van der Waals surface area contributed by atoms with Gasteiger partial charge in [0.25, 0.3) is 5.91 Å². The summed E-state index contributed by atoms with van der Waals surface area (Å²) in [4.78, 5) is 14.5. The zero-order chi connectivity index (χ0) is 14.3. The lowest BCUT2D eigenvalue weighted by molar-refractivity contribution is 0.0989. The van der Waals surface area contributed by atoms with Crippen LogP contribution >= 0.6 is 0 Å². The molecule has 0 saturated heterocycles. The molecule has 104 valence electrons. The fourth-order valence-electron chi connectivity index (χ4n) is 2.65. The van der Waals surface area contributed by atoms with Crippen LogP contribution in [0, 0.1) is 0 Å². The molecule has 0 radical (unpaired) electrons. The number of amides is 1. The molecule has 3 rings (SSSR count). The summed E-state index contributed by atoms with van der Waals surface area (Å²) in [5.74, 6) is 0.0953. The van der Waals surface area contributed by atoms with E-state index >= 15 is 0 Å². The fraction of sp³-hybridized carbons (Fsp3) is 0.353. The number of aromatic nitrogens is 1. The third kappa shape index (κ3) is 2.13. The molecule has 3 nitrogen and oxygen atoms in total. The first-order valence-corrected chi connectivity index (χ1v) is 7.05. The van der Waals surface area contributed by atoms with Gasteiger partial charge in [-0.1, -0.05) is 18.2 Å². The van der Waals surface area contributed by atoms with Gasteiger partial charge in [0.2, 0.25) is 0 Å². The van der Waals surface area contributed by atoms with Crippen LogP contribution in [0.1, 0.15) is 36.7 Å². The topological polar surface area (TPSA) is 25.2 Å². The molecule has 0 spiro atoms. The number of hydrogen-bond acceptors (Lipinski definition) is 1. The number of para-hydroxylation sites is 1. The van der Waals surface area contributed by atoms with Crippen LogP contribution in [0.3, 0.4) is 0 Å². The average molecular weight is 268 g/mol. The van der Waals surface area contributed by atoms with Gasteiger partial charge >= 0.3 is 0 Å². The molecule has 0 unspecified atom stereocenters. The summed E-state index contributed by atoms with van der Waals surface area (Å²) in [5.41, 5.74) is 3.08. The zero-order valence-corrected chi connectivity index (χ0v) is 12.3. The maximum atomic E-state index is 12.7. The number of rotatable bonds is 1. The summed E-state index contributed by atoms with van der Waals surface area (Å²) in [7, 11) is 0. The van der Waals surface area contributed by atoms with E-state index in [-0.39, 0.29) is 11.4 Å². The summed E-state index contributed by atoms with van der Waals surface area (Å²) in [5, 5.41) is 0. The summed E-state index contributed by atoms with van der Waals surface area (Å²) in [6, 6.07) is 10.1. The smallest absolute Gasteiger partial charge is 0.259 e. The highest BCUT2D eigenvalue weighted by Gasteiger charge is 2.26. The van der Waals surface area contributed by atoms with Gasteiger partial charge in [0.15, 0.2) is 0 Å². The van der Waals surface area contributed by atoms with Gasteiger partial charge in [0.05, 0.1) is 5.56 Å². The number of carbonyl (C=O) groups is 1. The van der Waals surface area contributed by atoms with E-state index in [0.717, 1.165) is 24.2 Å². The van der Waals surface area contributed by atoms with Crippen LogP contribution in [0.2, 0.25) is 0 Å². The van der Waals surface area contributed by atoms with Crippen LogP contribution in [0.5, 0.6) is 0 Å². The van der Waals surface area contributed by atoms with Crippen LogP contribution in [-0.2, 0) is 12.0 Å². The van der Waals surface area contributed by atoms with Crippen molar-refractivity contribution in [2.75, 3.05) is 11.4 Å². The van der Waals surface area contributed by atoms with Crippen molar-refractivity contribution in [2.45, 2.75) is 32.7 Å². The molecular weight excluding hydrogens is 248 g/mol. The number of anilines is 1. The third-order valence-electron chi connectivity index (χ3n) is 3.85. The molecule has 2 heterocycles. The molecule has 0 saturated carbocycles. The lowest BCUT2D eigenvalue weighted by Crippen LogP contribution is -2.28. The Kier molecular flexibility index (Phi) is 2.93. The van der Waals surface area contributed by atoms with Crippen LogP contribution < -0.4 is 4.90 Å². The Morgan fingerprint density at radius 1 is 1.15 bits per heavy atom. The van der Waals surface area contributed by atoms with Crippen molar-refractivity contribution >= 4 is 11.6 Å². The van der Waals surface area contributed by atoms with Gasteiger partial charge in [0, 0.05) is 30.2 Å². The molecule has 1 aromatic carbocycles. The number of hydrogen-bond donors (Lipinski definition) is 0. The quantitative estimate of drug-likeness (QED) is 0.777. The number of fused-ring (bicyclic) bond motifs is 1. The second-order valence-electron chi connectivity index (χ2n) is 6.31. The van der Waals surface area contributed by atoms with Crippen molar-refractivity contribution in [1.29, 1.82) is 0 Å². The highest BCUT2D eigenvalue weighted by Crippen LogP contribution is 2.29. The van der Waals surface area contributed by atoms with Gasteiger partial charge in [0.1, 0.15) is 0 Å². The maximum Gasteiger partial charge on any atom is 0.259 e.